The summed E-state index contributed by atoms with van der Waals surface area (Å²) >= 11 is 2.84. The molecule has 0 spiro atoms. The molecule has 0 saturated heterocycles. The van der Waals surface area contributed by atoms with E-state index < -0.39 is 30.1 Å². The normalized spacial score (nSPS) is 10.7. The molecule has 0 aliphatic carbocycles. The highest BCUT2D eigenvalue weighted by atomic mass is 79.9. The van der Waals surface area contributed by atoms with Gasteiger partial charge in [-0.25, -0.2) is 8.78 Å². The Kier molecular flexibility index (Phi) is 3.57. The van der Waals surface area contributed by atoms with Crippen molar-refractivity contribution in [2.24, 2.45) is 0 Å². The molecule has 0 radical (unpaired) electrons. The van der Waals surface area contributed by atoms with E-state index in [2.05, 4.69) is 15.9 Å². The predicted octanol–water partition coefficient (Wildman–Crippen LogP) is 1.70. The molecule has 7 heteroatoms. The molecular weight excluding hydrogens is 276 g/mol. The van der Waals surface area contributed by atoms with Crippen LogP contribution in [0.1, 0.15) is 17.7 Å². The zero-order chi connectivity index (χ0) is 11.6. The highest BCUT2D eigenvalue weighted by molar-refractivity contribution is 9.10. The molecule has 0 aromatic carbocycles. The Morgan fingerprint density at radius 3 is 2.67 bits per heavy atom. The lowest BCUT2D eigenvalue weighted by molar-refractivity contribution is -0.136. The van der Waals surface area contributed by atoms with Gasteiger partial charge in [0.05, 0.1) is 16.6 Å². The van der Waals surface area contributed by atoms with Crippen LogP contribution in [0.15, 0.2) is 15.3 Å². The van der Waals surface area contributed by atoms with Crippen LogP contribution in [0, 0.1) is 0 Å². The summed E-state index contributed by atoms with van der Waals surface area (Å²) in [7, 11) is 0. The molecule has 1 heterocycles. The van der Waals surface area contributed by atoms with Crippen LogP contribution < -0.4 is 5.56 Å². The van der Waals surface area contributed by atoms with Crippen LogP contribution in [0.3, 0.4) is 0 Å². The maximum atomic E-state index is 12.4. The van der Waals surface area contributed by atoms with Gasteiger partial charge < -0.3 is 10.1 Å². The molecule has 2 N–H and O–H groups in total. The molecule has 4 nitrogen and oxygen atoms in total. The van der Waals surface area contributed by atoms with Gasteiger partial charge >= 0.3 is 5.97 Å². The van der Waals surface area contributed by atoms with Crippen molar-refractivity contribution in [2.45, 2.75) is 12.8 Å². The number of alkyl halides is 2. The van der Waals surface area contributed by atoms with Crippen LogP contribution in [0.25, 0.3) is 0 Å². The largest absolute Gasteiger partial charge is 0.481 e. The molecule has 0 atom stereocenters. The van der Waals surface area contributed by atoms with Crippen LogP contribution in [0.5, 0.6) is 0 Å². The predicted molar refractivity (Wildman–Crippen MR) is 51.1 cm³/mol. The third-order valence-electron chi connectivity index (χ3n) is 1.67. The molecule has 1 aromatic heterocycles. The summed E-state index contributed by atoms with van der Waals surface area (Å²) in [4.78, 5) is 23.3. The molecule has 0 aliphatic rings. The number of halogens is 3. The van der Waals surface area contributed by atoms with E-state index in [1.54, 1.807) is 0 Å². The minimum Gasteiger partial charge on any atom is -0.481 e. The van der Waals surface area contributed by atoms with Gasteiger partial charge in [0.25, 0.3) is 12.0 Å². The number of aromatic nitrogens is 1. The molecular formula is C8H6BrF2NO3. The lowest BCUT2D eigenvalue weighted by Crippen LogP contribution is -2.15. The summed E-state index contributed by atoms with van der Waals surface area (Å²) in [6, 6.07) is 1.09. The van der Waals surface area contributed by atoms with Gasteiger partial charge in [-0.15, -0.1) is 0 Å². The number of rotatable bonds is 3. The smallest absolute Gasteiger partial charge is 0.307 e. The molecule has 1 rings (SSSR count). The number of pyridine rings is 1. The van der Waals surface area contributed by atoms with Gasteiger partial charge in [0, 0.05) is 0 Å². The van der Waals surface area contributed by atoms with Gasteiger partial charge in [-0.2, -0.15) is 0 Å². The van der Waals surface area contributed by atoms with Crippen molar-refractivity contribution in [3.05, 3.63) is 32.2 Å². The number of carboxylic acid groups (broad SMARTS) is 1. The zero-order valence-corrected chi connectivity index (χ0v) is 8.85. The average molecular weight is 282 g/mol. The Bertz CT molecular complexity index is 444. The minimum absolute atomic E-state index is 0.0307. The van der Waals surface area contributed by atoms with E-state index in [0.717, 1.165) is 6.07 Å². The number of carboxylic acids is 1. The van der Waals surface area contributed by atoms with Crippen LogP contribution in [-0.2, 0) is 11.2 Å². The first kappa shape index (κ1) is 11.8. The first-order valence-electron chi connectivity index (χ1n) is 3.83. The van der Waals surface area contributed by atoms with Crippen molar-refractivity contribution in [1.29, 1.82) is 0 Å². The lowest BCUT2D eigenvalue weighted by Gasteiger charge is -2.06. The fourth-order valence-corrected chi connectivity index (χ4v) is 1.44. The molecule has 0 fully saturated rings. The third kappa shape index (κ3) is 2.85. The van der Waals surface area contributed by atoms with Gasteiger partial charge in [0.15, 0.2) is 0 Å². The van der Waals surface area contributed by atoms with Crippen LogP contribution in [0.2, 0.25) is 0 Å². The van der Waals surface area contributed by atoms with Crippen LogP contribution in [-0.4, -0.2) is 16.1 Å². The lowest BCUT2D eigenvalue weighted by atomic mass is 10.1. The zero-order valence-electron chi connectivity index (χ0n) is 7.26. The van der Waals surface area contributed by atoms with Gasteiger partial charge in [-0.05, 0) is 27.6 Å². The van der Waals surface area contributed by atoms with Crippen molar-refractivity contribution >= 4 is 21.9 Å². The van der Waals surface area contributed by atoms with Gasteiger partial charge in [0.1, 0.15) is 0 Å². The highest BCUT2D eigenvalue weighted by Crippen LogP contribution is 2.21. The number of nitrogens with one attached hydrogen (secondary N) is 1. The van der Waals surface area contributed by atoms with Crippen molar-refractivity contribution in [3.8, 4) is 0 Å². The number of hydrogen-bond donors (Lipinski definition) is 2. The van der Waals surface area contributed by atoms with Gasteiger partial charge in [0.2, 0.25) is 0 Å². The summed E-state index contributed by atoms with van der Waals surface area (Å²) in [5.74, 6) is -1.24. The fourth-order valence-electron chi connectivity index (χ4n) is 1.06. The Morgan fingerprint density at radius 2 is 2.20 bits per heavy atom. The number of aliphatic carboxylic acids is 1. The van der Waals surface area contributed by atoms with Crippen molar-refractivity contribution in [1.82, 2.24) is 4.98 Å². The fraction of sp³-hybridized carbons (Fsp3) is 0.250. The molecule has 0 bridgehead atoms. The third-order valence-corrected chi connectivity index (χ3v) is 2.26. The molecule has 15 heavy (non-hydrogen) atoms. The minimum atomic E-state index is -2.90. The van der Waals surface area contributed by atoms with Crippen molar-refractivity contribution in [3.63, 3.8) is 0 Å². The van der Waals surface area contributed by atoms with Gasteiger partial charge in [-0.3, -0.25) is 9.59 Å². The van der Waals surface area contributed by atoms with E-state index in [1.807, 2.05) is 4.98 Å². The molecule has 0 saturated carbocycles. The molecule has 0 unspecified atom stereocenters. The Balaban J connectivity index is 3.28. The van der Waals surface area contributed by atoms with E-state index in [4.69, 9.17) is 5.11 Å². The average Bonchev–Trinajstić information content (AvgIpc) is 2.09. The van der Waals surface area contributed by atoms with E-state index in [1.165, 1.54) is 0 Å². The quantitative estimate of drug-likeness (QED) is 0.886. The van der Waals surface area contributed by atoms with Crippen LogP contribution >= 0.6 is 15.9 Å². The van der Waals surface area contributed by atoms with Crippen molar-refractivity contribution < 1.29 is 18.7 Å². The monoisotopic (exact) mass is 281 g/mol. The van der Waals surface area contributed by atoms with Crippen LogP contribution in [0.4, 0.5) is 8.78 Å². The summed E-state index contributed by atoms with van der Waals surface area (Å²) in [6.07, 6.45) is -3.46. The maximum Gasteiger partial charge on any atom is 0.307 e. The molecule has 1 aromatic rings. The van der Waals surface area contributed by atoms with E-state index in [0.29, 0.717) is 0 Å². The SMILES string of the molecule is O=C(O)Cc1cc(Br)c(=O)[nH]c1C(F)F. The molecule has 0 aliphatic heterocycles. The molecule has 0 amide bonds. The Morgan fingerprint density at radius 1 is 1.60 bits per heavy atom. The second-order valence-electron chi connectivity index (χ2n) is 2.76. The number of aromatic amines is 1. The second-order valence-corrected chi connectivity index (χ2v) is 3.61. The summed E-state index contributed by atoms with van der Waals surface area (Å²) in [5.41, 5.74) is -1.46. The van der Waals surface area contributed by atoms with Gasteiger partial charge in [-0.1, -0.05) is 0 Å². The second kappa shape index (κ2) is 4.52. The standard InChI is InChI=1S/C8H6BrF2NO3/c9-4-1-3(2-5(13)14)6(7(10)11)12-8(4)15/h1,7H,2H2,(H,12,15)(H,13,14). The number of carbonyl (C=O) groups is 1. The van der Waals surface area contributed by atoms with E-state index in [-0.39, 0.29) is 10.0 Å². The van der Waals surface area contributed by atoms with E-state index >= 15 is 0 Å². The van der Waals surface area contributed by atoms with Crippen molar-refractivity contribution in [2.75, 3.05) is 0 Å². The summed E-state index contributed by atoms with van der Waals surface area (Å²) in [6.45, 7) is 0. The first-order chi connectivity index (χ1) is 6.91. The maximum absolute atomic E-state index is 12.4. The number of H-pyrrole nitrogens is 1. The summed E-state index contributed by atoms with van der Waals surface area (Å²) in [5, 5.41) is 8.48. The summed E-state index contributed by atoms with van der Waals surface area (Å²) < 4.78 is 24.9. The topological polar surface area (TPSA) is 70.2 Å². The first-order valence-corrected chi connectivity index (χ1v) is 4.62. The highest BCUT2D eigenvalue weighted by Gasteiger charge is 2.17. The molecule has 82 valence electrons. The Labute approximate surface area is 91.1 Å². The Hall–Kier alpha value is -1.24. The number of hydrogen-bond acceptors (Lipinski definition) is 2. The van der Waals surface area contributed by atoms with E-state index in [9.17, 15) is 18.4 Å².